The van der Waals surface area contributed by atoms with Gasteiger partial charge in [0.15, 0.2) is 0 Å². The number of hydrogen-bond donors (Lipinski definition) is 0. The van der Waals surface area contributed by atoms with E-state index in [1.807, 2.05) is 146 Å². The van der Waals surface area contributed by atoms with E-state index in [0.29, 0.717) is 16.7 Å². The van der Waals surface area contributed by atoms with Crippen LogP contribution in [0.3, 0.4) is 0 Å². The quantitative estimate of drug-likeness (QED) is 0.0966. The third-order valence-electron chi connectivity index (χ3n) is 8.08. The zero-order valence-electron chi connectivity index (χ0n) is 27.6. The van der Waals surface area contributed by atoms with Gasteiger partial charge >= 0.3 is 23.2 Å². The Morgan fingerprint density at radius 2 is 0.820 bits per heavy atom. The van der Waals surface area contributed by atoms with Crippen molar-refractivity contribution in [3.63, 3.8) is 0 Å². The molecule has 5 aromatic rings. The van der Waals surface area contributed by atoms with Crippen LogP contribution < -0.4 is 0 Å². The Morgan fingerprint density at radius 1 is 0.500 bits per heavy atom. The minimum Gasteiger partial charge on any atom is -0.300 e. The lowest BCUT2D eigenvalue weighted by molar-refractivity contribution is 0.145. The average molecular weight is 733 g/mol. The second kappa shape index (κ2) is 16.7. The number of fused-ring (bicyclic) bond motifs is 1. The molecule has 0 N–H and O–H groups in total. The number of hydrogen-bond acceptors (Lipinski definition) is 8. The van der Waals surface area contributed by atoms with Gasteiger partial charge in [0.2, 0.25) is 0 Å². The second-order valence-electron chi connectivity index (χ2n) is 11.5. The topological polar surface area (TPSA) is 104 Å². The Kier molecular flexibility index (Phi) is 12.1. The molecular formula is C37H39N2O8P3. The van der Waals surface area contributed by atoms with Crippen molar-refractivity contribution in [1.82, 2.24) is 8.88 Å². The Labute approximate surface area is 293 Å². The monoisotopic (exact) mass is 732 g/mol. The Balaban J connectivity index is 1.48. The van der Waals surface area contributed by atoms with E-state index < -0.39 is 23.2 Å². The second-order valence-corrected chi connectivity index (χ2v) is 18.3. The molecule has 6 rings (SSSR count). The van der Waals surface area contributed by atoms with Gasteiger partial charge in [-0.05, 0) is 33.4 Å². The minimum absolute atomic E-state index is 0.116. The summed E-state index contributed by atoms with van der Waals surface area (Å²) in [6, 6.07) is 44.0. The molecule has 0 radical (unpaired) electrons. The van der Waals surface area contributed by atoms with Crippen LogP contribution >= 0.6 is 23.2 Å². The van der Waals surface area contributed by atoms with Crippen LogP contribution in [0.1, 0.15) is 33.4 Å². The summed E-state index contributed by atoms with van der Waals surface area (Å²) in [5, 5.41) is 0. The molecule has 1 aliphatic heterocycles. The molecule has 50 heavy (non-hydrogen) atoms. The van der Waals surface area contributed by atoms with Crippen molar-refractivity contribution in [2.24, 2.45) is 0 Å². The van der Waals surface area contributed by atoms with Crippen molar-refractivity contribution in [3.05, 3.63) is 179 Å². The summed E-state index contributed by atoms with van der Waals surface area (Å²) in [4.78, 5) is 0. The first kappa shape index (κ1) is 36.3. The molecular weight excluding hydrogens is 693 g/mol. The minimum atomic E-state index is -4.71. The Morgan fingerprint density at radius 3 is 1.20 bits per heavy atom. The molecule has 2 atom stereocenters. The molecule has 0 spiro atoms. The number of benzene rings is 5. The van der Waals surface area contributed by atoms with Crippen molar-refractivity contribution < 1.29 is 36.3 Å². The molecule has 0 saturated heterocycles. The summed E-state index contributed by atoms with van der Waals surface area (Å²) < 4.78 is 79.2. The van der Waals surface area contributed by atoms with Gasteiger partial charge in [0.1, 0.15) is 0 Å². The van der Waals surface area contributed by atoms with Crippen molar-refractivity contribution in [1.29, 1.82) is 0 Å². The summed E-state index contributed by atoms with van der Waals surface area (Å²) in [7, 11) is -12.5. The van der Waals surface area contributed by atoms with Crippen LogP contribution in [-0.4, -0.2) is 16.0 Å². The molecule has 0 aromatic heterocycles. The lowest BCUT2D eigenvalue weighted by Gasteiger charge is -2.40. The molecule has 5 aromatic carbocycles. The number of nitrogens with zero attached hydrogens (tertiary/aromatic N) is 2. The smallest absolute Gasteiger partial charge is 0.300 e. The predicted octanol–water partition coefficient (Wildman–Crippen LogP) is 10.1. The van der Waals surface area contributed by atoms with E-state index in [9.17, 15) is 4.57 Å². The molecule has 260 valence electrons. The third kappa shape index (κ3) is 8.68. The Bertz CT molecular complexity index is 1920. The van der Waals surface area contributed by atoms with Crippen LogP contribution in [0.2, 0.25) is 0 Å². The van der Waals surface area contributed by atoms with Gasteiger partial charge in [0.05, 0.1) is 26.4 Å². The van der Waals surface area contributed by atoms with Gasteiger partial charge in [-0.15, -0.1) is 8.88 Å². The zero-order chi connectivity index (χ0) is 34.9. The fourth-order valence-electron chi connectivity index (χ4n) is 5.36. The fraction of sp³-hybridized carbons (Fsp3) is 0.189. The largest absolute Gasteiger partial charge is 0.417 e. The summed E-state index contributed by atoms with van der Waals surface area (Å²) in [6.07, 6.45) is 0. The van der Waals surface area contributed by atoms with Crippen LogP contribution in [-0.2, 0) is 75.8 Å². The maximum absolute atomic E-state index is 16.0. The highest BCUT2D eigenvalue weighted by Gasteiger charge is 2.58. The SMILES string of the molecule is COP(=O)(OCc1ccccc1)N1Cc2ccccc2CN(P(=O)(OCc2ccccc2)OCc2ccccc2)P1(=O)OCc1ccccc1. The van der Waals surface area contributed by atoms with Crippen LogP contribution in [0, 0.1) is 0 Å². The van der Waals surface area contributed by atoms with Gasteiger partial charge in [-0.3, -0.25) is 22.7 Å². The van der Waals surface area contributed by atoms with Crippen LogP contribution in [0.25, 0.3) is 0 Å². The first-order chi connectivity index (χ1) is 24.3. The van der Waals surface area contributed by atoms with Crippen molar-refractivity contribution in [2.45, 2.75) is 39.5 Å². The van der Waals surface area contributed by atoms with Crippen LogP contribution in [0.4, 0.5) is 0 Å². The molecule has 10 nitrogen and oxygen atoms in total. The molecule has 0 fully saturated rings. The predicted molar refractivity (Wildman–Crippen MR) is 192 cm³/mol. The van der Waals surface area contributed by atoms with E-state index in [-0.39, 0.29) is 39.5 Å². The van der Waals surface area contributed by atoms with Crippen LogP contribution in [0.15, 0.2) is 146 Å². The first-order valence-electron chi connectivity index (χ1n) is 16.0. The van der Waals surface area contributed by atoms with Crippen molar-refractivity contribution in [3.8, 4) is 0 Å². The summed E-state index contributed by atoms with van der Waals surface area (Å²) in [5.41, 5.74) is 4.17. The molecule has 0 saturated carbocycles. The molecule has 0 bridgehead atoms. The molecule has 13 heteroatoms. The van der Waals surface area contributed by atoms with Crippen LogP contribution in [0.5, 0.6) is 0 Å². The lowest BCUT2D eigenvalue weighted by atomic mass is 10.1. The standard InChI is InChI=1S/C37H39N2O8P3/c1-43-49(41,45-29-33-18-8-3-9-19-33)38-26-36-24-14-15-25-37(36)27-39(48(38,40)44-28-32-16-6-2-7-17-32)50(42,46-30-34-20-10-4-11-21-34)47-31-35-22-12-5-13-23-35/h2-25H,26-31H2,1H3. The maximum Gasteiger partial charge on any atom is 0.417 e. The van der Waals surface area contributed by atoms with E-state index in [2.05, 4.69) is 0 Å². The first-order valence-corrected chi connectivity index (χ1v) is 20.6. The van der Waals surface area contributed by atoms with Gasteiger partial charge in [-0.2, -0.15) is 0 Å². The van der Waals surface area contributed by atoms with Gasteiger partial charge in [0.25, 0.3) is 0 Å². The fourth-order valence-corrected chi connectivity index (χ4v) is 13.2. The van der Waals surface area contributed by atoms with E-state index in [0.717, 1.165) is 25.6 Å². The van der Waals surface area contributed by atoms with E-state index in [1.165, 1.54) is 7.11 Å². The summed E-state index contributed by atoms with van der Waals surface area (Å²) in [6.45, 7) is -0.902. The van der Waals surface area contributed by atoms with E-state index >= 15 is 9.13 Å². The summed E-state index contributed by atoms with van der Waals surface area (Å²) in [5.74, 6) is 0. The molecule has 1 heterocycles. The van der Waals surface area contributed by atoms with Gasteiger partial charge in [-0.25, -0.2) is 9.13 Å². The molecule has 2 unspecified atom stereocenters. The van der Waals surface area contributed by atoms with E-state index in [4.69, 9.17) is 22.6 Å². The zero-order valence-corrected chi connectivity index (χ0v) is 30.3. The highest BCUT2D eigenvalue weighted by Crippen LogP contribution is 2.78. The highest BCUT2D eigenvalue weighted by molar-refractivity contribution is 7.74. The molecule has 1 aliphatic rings. The maximum atomic E-state index is 16.0. The number of rotatable bonds is 15. The molecule has 0 aliphatic carbocycles. The van der Waals surface area contributed by atoms with Gasteiger partial charge in [-0.1, -0.05) is 146 Å². The Hall–Kier alpha value is -3.49. The molecule has 0 amide bonds. The highest BCUT2D eigenvalue weighted by atomic mass is 31.3. The normalized spacial score (nSPS) is 18.2. The van der Waals surface area contributed by atoms with Gasteiger partial charge in [0, 0.05) is 20.2 Å². The third-order valence-corrected chi connectivity index (χ3v) is 15.9. The average Bonchev–Trinajstić information content (AvgIpc) is 3.31. The summed E-state index contributed by atoms with van der Waals surface area (Å²) >= 11 is 0. The van der Waals surface area contributed by atoms with Gasteiger partial charge < -0.3 is 4.52 Å². The van der Waals surface area contributed by atoms with Crippen molar-refractivity contribution >= 4 is 23.2 Å². The van der Waals surface area contributed by atoms with Crippen molar-refractivity contribution in [2.75, 3.05) is 7.11 Å². The lowest BCUT2D eigenvalue weighted by Crippen LogP contribution is -2.29. The van der Waals surface area contributed by atoms with E-state index in [1.54, 1.807) is 0 Å².